The van der Waals surface area contributed by atoms with Crippen LogP contribution in [0.5, 0.6) is 0 Å². The minimum atomic E-state index is -0.189. The molecule has 2 rings (SSSR count). The molecule has 1 atom stereocenters. The zero-order chi connectivity index (χ0) is 10.8. The van der Waals surface area contributed by atoms with Gasteiger partial charge in [0, 0.05) is 10.5 Å². The molecule has 0 heterocycles. The molecule has 0 aromatic heterocycles. The van der Waals surface area contributed by atoms with E-state index in [2.05, 4.69) is 28.2 Å². The van der Waals surface area contributed by atoms with E-state index in [0.717, 1.165) is 22.5 Å². The Morgan fingerprint density at radius 3 is 2.87 bits per heavy atom. The average Bonchev–Trinajstić information content (AvgIpc) is 3.03. The SMILES string of the molecule is CCC(Nc1cc(F)ccc1Br)C1CC1. The van der Waals surface area contributed by atoms with Gasteiger partial charge in [-0.15, -0.1) is 0 Å². The average molecular weight is 272 g/mol. The lowest BCUT2D eigenvalue weighted by Crippen LogP contribution is -2.20. The van der Waals surface area contributed by atoms with Crippen LogP contribution in [0, 0.1) is 11.7 Å². The van der Waals surface area contributed by atoms with Gasteiger partial charge in [0.2, 0.25) is 0 Å². The highest BCUT2D eigenvalue weighted by Gasteiger charge is 2.30. The van der Waals surface area contributed by atoms with Crippen LogP contribution in [0.4, 0.5) is 10.1 Å². The lowest BCUT2D eigenvalue weighted by molar-refractivity contribution is 0.609. The summed E-state index contributed by atoms with van der Waals surface area (Å²) in [4.78, 5) is 0. The van der Waals surface area contributed by atoms with E-state index in [0.29, 0.717) is 6.04 Å². The van der Waals surface area contributed by atoms with E-state index in [1.54, 1.807) is 12.1 Å². The number of rotatable bonds is 4. The van der Waals surface area contributed by atoms with Crippen LogP contribution in [0.2, 0.25) is 0 Å². The molecular weight excluding hydrogens is 257 g/mol. The van der Waals surface area contributed by atoms with E-state index in [9.17, 15) is 4.39 Å². The van der Waals surface area contributed by atoms with Crippen LogP contribution in [-0.2, 0) is 0 Å². The number of hydrogen-bond donors (Lipinski definition) is 1. The fraction of sp³-hybridized carbons (Fsp3) is 0.500. The molecule has 1 aliphatic rings. The Morgan fingerprint density at radius 1 is 1.53 bits per heavy atom. The fourth-order valence-corrected chi connectivity index (χ4v) is 2.22. The highest BCUT2D eigenvalue weighted by Crippen LogP contribution is 2.36. The number of benzene rings is 1. The Kier molecular flexibility index (Phi) is 3.29. The molecule has 1 aromatic carbocycles. The summed E-state index contributed by atoms with van der Waals surface area (Å²) >= 11 is 3.43. The van der Waals surface area contributed by atoms with Crippen molar-refractivity contribution < 1.29 is 4.39 Å². The molecule has 1 fully saturated rings. The van der Waals surface area contributed by atoms with Crippen LogP contribution in [-0.4, -0.2) is 6.04 Å². The van der Waals surface area contributed by atoms with Crippen molar-refractivity contribution in [3.05, 3.63) is 28.5 Å². The summed E-state index contributed by atoms with van der Waals surface area (Å²) < 4.78 is 14.0. The topological polar surface area (TPSA) is 12.0 Å². The largest absolute Gasteiger partial charge is 0.381 e. The number of anilines is 1. The van der Waals surface area contributed by atoms with E-state index in [1.165, 1.54) is 18.9 Å². The highest BCUT2D eigenvalue weighted by atomic mass is 79.9. The lowest BCUT2D eigenvalue weighted by atomic mass is 10.1. The van der Waals surface area contributed by atoms with Crippen molar-refractivity contribution >= 4 is 21.6 Å². The van der Waals surface area contributed by atoms with E-state index in [4.69, 9.17) is 0 Å². The predicted octanol–water partition coefficient (Wildman–Crippen LogP) is 4.19. The normalized spacial score (nSPS) is 17.5. The zero-order valence-electron chi connectivity index (χ0n) is 8.76. The third-order valence-electron chi connectivity index (χ3n) is 2.90. The minimum Gasteiger partial charge on any atom is -0.381 e. The molecule has 0 amide bonds. The minimum absolute atomic E-state index is 0.189. The fourth-order valence-electron chi connectivity index (χ4n) is 1.86. The van der Waals surface area contributed by atoms with Gasteiger partial charge in [0.15, 0.2) is 0 Å². The lowest BCUT2D eigenvalue weighted by Gasteiger charge is -2.18. The molecule has 1 saturated carbocycles. The van der Waals surface area contributed by atoms with Crippen molar-refractivity contribution in [2.75, 3.05) is 5.32 Å². The highest BCUT2D eigenvalue weighted by molar-refractivity contribution is 9.10. The quantitative estimate of drug-likeness (QED) is 0.866. The molecule has 1 nitrogen and oxygen atoms in total. The summed E-state index contributed by atoms with van der Waals surface area (Å²) in [5.41, 5.74) is 0.869. The van der Waals surface area contributed by atoms with Crippen LogP contribution >= 0.6 is 15.9 Å². The summed E-state index contributed by atoms with van der Waals surface area (Å²) in [7, 11) is 0. The van der Waals surface area contributed by atoms with E-state index >= 15 is 0 Å². The first-order valence-corrected chi connectivity index (χ1v) is 6.21. The van der Waals surface area contributed by atoms with Crippen molar-refractivity contribution in [3.63, 3.8) is 0 Å². The molecule has 0 radical (unpaired) electrons. The molecule has 3 heteroatoms. The summed E-state index contributed by atoms with van der Waals surface area (Å²) in [6.07, 6.45) is 3.70. The second-order valence-electron chi connectivity index (χ2n) is 4.12. The molecule has 1 N–H and O–H groups in total. The van der Waals surface area contributed by atoms with Gasteiger partial charge in [-0.3, -0.25) is 0 Å². The molecule has 82 valence electrons. The maximum absolute atomic E-state index is 13.1. The Labute approximate surface area is 98.2 Å². The summed E-state index contributed by atoms with van der Waals surface area (Å²) in [5.74, 6) is 0.594. The first-order valence-electron chi connectivity index (χ1n) is 5.42. The summed E-state index contributed by atoms with van der Waals surface area (Å²) in [5, 5.41) is 3.41. The maximum atomic E-state index is 13.1. The van der Waals surface area contributed by atoms with Crippen molar-refractivity contribution in [2.45, 2.75) is 32.2 Å². The molecule has 1 unspecified atom stereocenters. The molecule has 0 aliphatic heterocycles. The maximum Gasteiger partial charge on any atom is 0.125 e. The van der Waals surface area contributed by atoms with E-state index < -0.39 is 0 Å². The van der Waals surface area contributed by atoms with Gasteiger partial charge in [-0.25, -0.2) is 4.39 Å². The van der Waals surface area contributed by atoms with Crippen LogP contribution in [0.3, 0.4) is 0 Å². The van der Waals surface area contributed by atoms with Crippen molar-refractivity contribution in [1.29, 1.82) is 0 Å². The molecule has 0 bridgehead atoms. The summed E-state index contributed by atoms with van der Waals surface area (Å²) in [6.45, 7) is 2.17. The van der Waals surface area contributed by atoms with Gasteiger partial charge in [-0.05, 0) is 59.3 Å². The van der Waals surface area contributed by atoms with Gasteiger partial charge in [0.25, 0.3) is 0 Å². The number of hydrogen-bond acceptors (Lipinski definition) is 1. The van der Waals surface area contributed by atoms with Gasteiger partial charge >= 0.3 is 0 Å². The number of nitrogens with one attached hydrogen (secondary N) is 1. The standard InChI is InChI=1S/C12H15BrFN/c1-2-11(8-3-4-8)15-12-7-9(14)5-6-10(12)13/h5-8,11,15H,2-4H2,1H3. The second-order valence-corrected chi connectivity index (χ2v) is 4.98. The summed E-state index contributed by atoms with van der Waals surface area (Å²) in [6, 6.07) is 5.25. The van der Waals surface area contributed by atoms with Gasteiger partial charge < -0.3 is 5.32 Å². The van der Waals surface area contributed by atoms with Gasteiger partial charge in [-0.2, -0.15) is 0 Å². The smallest absolute Gasteiger partial charge is 0.125 e. The molecule has 1 aromatic rings. The van der Waals surface area contributed by atoms with Crippen LogP contribution < -0.4 is 5.32 Å². The Bertz CT molecular complexity index is 349. The Morgan fingerprint density at radius 2 is 2.27 bits per heavy atom. The van der Waals surface area contributed by atoms with Crippen molar-refractivity contribution in [3.8, 4) is 0 Å². The molecule has 15 heavy (non-hydrogen) atoms. The Hall–Kier alpha value is -0.570. The zero-order valence-corrected chi connectivity index (χ0v) is 10.3. The van der Waals surface area contributed by atoms with Crippen LogP contribution in [0.25, 0.3) is 0 Å². The third kappa shape index (κ3) is 2.71. The van der Waals surface area contributed by atoms with E-state index in [1.807, 2.05) is 0 Å². The molecule has 0 spiro atoms. The number of halogens is 2. The molecule has 1 aliphatic carbocycles. The van der Waals surface area contributed by atoms with Crippen LogP contribution in [0.1, 0.15) is 26.2 Å². The predicted molar refractivity (Wildman–Crippen MR) is 64.5 cm³/mol. The Balaban J connectivity index is 2.11. The molecule has 0 saturated heterocycles. The third-order valence-corrected chi connectivity index (χ3v) is 3.59. The monoisotopic (exact) mass is 271 g/mol. The van der Waals surface area contributed by atoms with E-state index in [-0.39, 0.29) is 5.82 Å². The van der Waals surface area contributed by atoms with Gasteiger partial charge in [0.1, 0.15) is 5.82 Å². The van der Waals surface area contributed by atoms with Crippen LogP contribution in [0.15, 0.2) is 22.7 Å². The van der Waals surface area contributed by atoms with Gasteiger partial charge in [-0.1, -0.05) is 6.92 Å². The van der Waals surface area contributed by atoms with Gasteiger partial charge in [0.05, 0.1) is 5.69 Å². The van der Waals surface area contributed by atoms with Crippen molar-refractivity contribution in [2.24, 2.45) is 5.92 Å². The first-order chi connectivity index (χ1) is 7.20. The first kappa shape index (κ1) is 10.9. The van der Waals surface area contributed by atoms with Crippen molar-refractivity contribution in [1.82, 2.24) is 0 Å². The molecular formula is C12H15BrFN. The second kappa shape index (κ2) is 4.52.